The zero-order valence-corrected chi connectivity index (χ0v) is 7.13. The monoisotopic (exact) mass is 155 g/mol. The molecule has 0 aromatic rings. The van der Waals surface area contributed by atoms with Gasteiger partial charge in [0.05, 0.1) is 19.1 Å². The quantitative estimate of drug-likeness (QED) is 0.578. The molecule has 3 heteroatoms. The minimum absolute atomic E-state index is 0.0763. The molecule has 0 aliphatic heterocycles. The SMILES string of the molecule is COC(=O)C(C)C(C)CC#N. The minimum Gasteiger partial charge on any atom is -0.469 e. The first kappa shape index (κ1) is 9.96. The van der Waals surface area contributed by atoms with E-state index in [1.165, 1.54) is 7.11 Å². The molecule has 0 heterocycles. The van der Waals surface area contributed by atoms with Crippen molar-refractivity contribution >= 4 is 5.97 Å². The molecule has 0 N–H and O–H groups in total. The largest absolute Gasteiger partial charge is 0.469 e. The third-order valence-electron chi connectivity index (χ3n) is 1.84. The molecule has 2 unspecified atom stereocenters. The van der Waals surface area contributed by atoms with E-state index in [1.807, 2.05) is 13.0 Å². The third kappa shape index (κ3) is 3.03. The first-order valence-electron chi connectivity index (χ1n) is 3.58. The van der Waals surface area contributed by atoms with Crippen LogP contribution in [0.1, 0.15) is 20.3 Å². The molecule has 62 valence electrons. The number of hydrogen-bond donors (Lipinski definition) is 0. The van der Waals surface area contributed by atoms with Crippen LogP contribution in [0.2, 0.25) is 0 Å². The standard InChI is InChI=1S/C8H13NO2/c1-6(4-5-9)7(2)8(10)11-3/h6-7H,4H2,1-3H3. The summed E-state index contributed by atoms with van der Waals surface area (Å²) in [5, 5.41) is 8.34. The zero-order chi connectivity index (χ0) is 8.85. The van der Waals surface area contributed by atoms with E-state index in [0.717, 1.165) is 0 Å². The van der Waals surface area contributed by atoms with E-state index in [4.69, 9.17) is 5.26 Å². The van der Waals surface area contributed by atoms with E-state index in [-0.39, 0.29) is 17.8 Å². The molecule has 0 aromatic carbocycles. The van der Waals surface area contributed by atoms with Gasteiger partial charge in [-0.25, -0.2) is 0 Å². The van der Waals surface area contributed by atoms with Crippen molar-refractivity contribution in [2.45, 2.75) is 20.3 Å². The van der Waals surface area contributed by atoms with Crippen LogP contribution in [0.3, 0.4) is 0 Å². The van der Waals surface area contributed by atoms with Crippen molar-refractivity contribution in [1.29, 1.82) is 5.26 Å². The second-order valence-electron chi connectivity index (χ2n) is 2.65. The maximum atomic E-state index is 10.9. The maximum Gasteiger partial charge on any atom is 0.308 e. The summed E-state index contributed by atoms with van der Waals surface area (Å²) in [5.74, 6) is -0.347. The molecule has 0 aliphatic rings. The van der Waals surface area contributed by atoms with E-state index in [1.54, 1.807) is 6.92 Å². The first-order valence-corrected chi connectivity index (χ1v) is 3.58. The highest BCUT2D eigenvalue weighted by molar-refractivity contribution is 5.72. The van der Waals surface area contributed by atoms with Gasteiger partial charge in [0.2, 0.25) is 0 Å². The Morgan fingerprint density at radius 1 is 1.64 bits per heavy atom. The number of methoxy groups -OCH3 is 1. The Hall–Kier alpha value is -1.04. The van der Waals surface area contributed by atoms with Crippen molar-refractivity contribution in [1.82, 2.24) is 0 Å². The van der Waals surface area contributed by atoms with Crippen molar-refractivity contribution in [2.24, 2.45) is 11.8 Å². The van der Waals surface area contributed by atoms with Crippen LogP contribution >= 0.6 is 0 Å². The average molecular weight is 155 g/mol. The zero-order valence-electron chi connectivity index (χ0n) is 7.13. The van der Waals surface area contributed by atoms with E-state index < -0.39 is 0 Å². The number of rotatable bonds is 3. The number of nitrogens with zero attached hydrogens (tertiary/aromatic N) is 1. The fraction of sp³-hybridized carbons (Fsp3) is 0.750. The van der Waals surface area contributed by atoms with Gasteiger partial charge >= 0.3 is 5.97 Å². The summed E-state index contributed by atoms with van der Waals surface area (Å²) in [7, 11) is 1.36. The predicted molar refractivity (Wildman–Crippen MR) is 40.6 cm³/mol. The van der Waals surface area contributed by atoms with Crippen LogP contribution in [0, 0.1) is 23.2 Å². The topological polar surface area (TPSA) is 50.1 Å². The number of nitriles is 1. The molecule has 0 aliphatic carbocycles. The average Bonchev–Trinajstić information content (AvgIpc) is 2.02. The lowest BCUT2D eigenvalue weighted by atomic mass is 9.94. The summed E-state index contributed by atoms with van der Waals surface area (Å²) in [6.07, 6.45) is 0.399. The second kappa shape index (κ2) is 4.73. The number of carbonyl (C=O) groups excluding carboxylic acids is 1. The first-order chi connectivity index (χ1) is 5.13. The normalized spacial score (nSPS) is 14.7. The highest BCUT2D eigenvalue weighted by atomic mass is 16.5. The van der Waals surface area contributed by atoms with Gasteiger partial charge in [0.25, 0.3) is 0 Å². The lowest BCUT2D eigenvalue weighted by Gasteiger charge is -2.13. The van der Waals surface area contributed by atoms with Gasteiger partial charge in [-0.05, 0) is 5.92 Å². The van der Waals surface area contributed by atoms with Crippen LogP contribution in [0.15, 0.2) is 0 Å². The van der Waals surface area contributed by atoms with Gasteiger partial charge in [0.15, 0.2) is 0 Å². The lowest BCUT2D eigenvalue weighted by Crippen LogP contribution is -2.19. The lowest BCUT2D eigenvalue weighted by molar-refractivity contribution is -0.146. The molecule has 2 atom stereocenters. The van der Waals surface area contributed by atoms with Crippen molar-refractivity contribution < 1.29 is 9.53 Å². The molecule has 11 heavy (non-hydrogen) atoms. The maximum absolute atomic E-state index is 10.9. The Labute approximate surface area is 67.0 Å². The summed E-state index contributed by atoms with van der Waals surface area (Å²) in [6, 6.07) is 2.02. The fourth-order valence-corrected chi connectivity index (χ4v) is 0.739. The number of carbonyl (C=O) groups is 1. The molecule has 0 aromatic heterocycles. The minimum atomic E-state index is -0.243. The smallest absolute Gasteiger partial charge is 0.308 e. The Bertz CT molecular complexity index is 171. The number of esters is 1. The van der Waals surface area contributed by atoms with Crippen molar-refractivity contribution in [3.63, 3.8) is 0 Å². The Morgan fingerprint density at radius 2 is 2.18 bits per heavy atom. The third-order valence-corrected chi connectivity index (χ3v) is 1.84. The molecule has 0 saturated heterocycles. The van der Waals surface area contributed by atoms with Crippen LogP contribution < -0.4 is 0 Å². The second-order valence-corrected chi connectivity index (χ2v) is 2.65. The van der Waals surface area contributed by atoms with Crippen LogP contribution in [-0.2, 0) is 9.53 Å². The van der Waals surface area contributed by atoms with Gasteiger partial charge in [-0.15, -0.1) is 0 Å². The van der Waals surface area contributed by atoms with Crippen LogP contribution in [0.5, 0.6) is 0 Å². The molecule has 0 radical (unpaired) electrons. The van der Waals surface area contributed by atoms with Gasteiger partial charge in [-0.3, -0.25) is 4.79 Å². The highest BCUT2D eigenvalue weighted by Crippen LogP contribution is 2.15. The number of hydrogen-bond acceptors (Lipinski definition) is 3. The van der Waals surface area contributed by atoms with E-state index in [0.29, 0.717) is 6.42 Å². The van der Waals surface area contributed by atoms with Crippen molar-refractivity contribution in [2.75, 3.05) is 7.11 Å². The molecule has 0 amide bonds. The molecule has 0 fully saturated rings. The molecule has 3 nitrogen and oxygen atoms in total. The summed E-state index contributed by atoms with van der Waals surface area (Å²) >= 11 is 0. The fourth-order valence-electron chi connectivity index (χ4n) is 0.739. The van der Waals surface area contributed by atoms with Crippen molar-refractivity contribution in [3.8, 4) is 6.07 Å². The molecule has 0 bridgehead atoms. The van der Waals surface area contributed by atoms with Crippen LogP contribution in [0.4, 0.5) is 0 Å². The predicted octanol–water partition coefficient (Wildman–Crippen LogP) is 1.35. The molecule has 0 rings (SSSR count). The Kier molecular flexibility index (Phi) is 4.28. The summed E-state index contributed by atoms with van der Waals surface area (Å²) in [5.41, 5.74) is 0. The molecule has 0 saturated carbocycles. The Morgan fingerprint density at radius 3 is 2.55 bits per heavy atom. The van der Waals surface area contributed by atoms with Gasteiger partial charge in [0, 0.05) is 6.42 Å². The van der Waals surface area contributed by atoms with Gasteiger partial charge in [-0.2, -0.15) is 5.26 Å². The van der Waals surface area contributed by atoms with E-state index in [9.17, 15) is 4.79 Å². The van der Waals surface area contributed by atoms with E-state index >= 15 is 0 Å². The van der Waals surface area contributed by atoms with Gasteiger partial charge < -0.3 is 4.74 Å². The van der Waals surface area contributed by atoms with Crippen LogP contribution in [0.25, 0.3) is 0 Å². The van der Waals surface area contributed by atoms with Crippen LogP contribution in [-0.4, -0.2) is 13.1 Å². The summed E-state index contributed by atoms with van der Waals surface area (Å²) in [4.78, 5) is 10.9. The van der Waals surface area contributed by atoms with E-state index in [2.05, 4.69) is 4.74 Å². The summed E-state index contributed by atoms with van der Waals surface area (Å²) in [6.45, 7) is 3.64. The molecular formula is C8H13NO2. The van der Waals surface area contributed by atoms with Gasteiger partial charge in [0.1, 0.15) is 0 Å². The molecule has 0 spiro atoms. The van der Waals surface area contributed by atoms with Gasteiger partial charge in [-0.1, -0.05) is 13.8 Å². The summed E-state index contributed by atoms with van der Waals surface area (Å²) < 4.78 is 4.53. The highest BCUT2D eigenvalue weighted by Gasteiger charge is 2.19. The van der Waals surface area contributed by atoms with Crippen molar-refractivity contribution in [3.05, 3.63) is 0 Å². The number of ether oxygens (including phenoxy) is 1. The Balaban J connectivity index is 3.92. The molecular weight excluding hydrogens is 142 g/mol.